The highest BCUT2D eigenvalue weighted by atomic mass is 19.1. The number of pyridine rings is 1. The molecule has 0 fully saturated rings. The molecule has 0 saturated heterocycles. The van der Waals surface area contributed by atoms with Crippen molar-refractivity contribution in [2.24, 2.45) is 7.05 Å². The first kappa shape index (κ1) is 17.4. The fourth-order valence-corrected chi connectivity index (χ4v) is 2.99. The molecule has 1 aromatic carbocycles. The largest absolute Gasteiger partial charge is 0.334 e. The van der Waals surface area contributed by atoms with Crippen molar-refractivity contribution < 1.29 is 4.39 Å². The number of nitrogens with one attached hydrogen (secondary N) is 1. The van der Waals surface area contributed by atoms with Crippen molar-refractivity contribution >= 4 is 22.5 Å². The Kier molecular flexibility index (Phi) is 5.28. The van der Waals surface area contributed by atoms with Gasteiger partial charge in [-0.15, -0.1) is 0 Å². The van der Waals surface area contributed by atoms with Crippen LogP contribution in [0, 0.1) is 0 Å². The van der Waals surface area contributed by atoms with E-state index in [4.69, 9.17) is 0 Å². The van der Waals surface area contributed by atoms with E-state index in [1.165, 1.54) is 5.56 Å². The molecule has 0 amide bonds. The number of imidazole rings is 1. The van der Waals surface area contributed by atoms with Crippen LogP contribution in [0.5, 0.6) is 0 Å². The van der Waals surface area contributed by atoms with Crippen LogP contribution in [0.3, 0.4) is 0 Å². The summed E-state index contributed by atoms with van der Waals surface area (Å²) in [4.78, 5) is 11.0. The lowest BCUT2D eigenvalue weighted by atomic mass is 10.1. The summed E-state index contributed by atoms with van der Waals surface area (Å²) in [6.07, 6.45) is 4.53. The molecule has 6 heteroatoms. The zero-order valence-corrected chi connectivity index (χ0v) is 15.0. The van der Waals surface area contributed by atoms with Crippen LogP contribution in [0.25, 0.3) is 11.0 Å². The summed E-state index contributed by atoms with van der Waals surface area (Å²) in [5.74, 6) is 0.883. The van der Waals surface area contributed by atoms with Crippen LogP contribution in [-0.4, -0.2) is 34.8 Å². The van der Waals surface area contributed by atoms with Crippen LogP contribution in [-0.2, 0) is 20.0 Å². The van der Waals surface area contributed by atoms with Gasteiger partial charge in [0.05, 0.1) is 18.0 Å². The van der Waals surface area contributed by atoms with Gasteiger partial charge in [0.25, 0.3) is 0 Å². The Balaban J connectivity index is 1.89. The summed E-state index contributed by atoms with van der Waals surface area (Å²) >= 11 is 0. The second-order valence-electron chi connectivity index (χ2n) is 6.13. The molecule has 0 aliphatic carbocycles. The highest BCUT2D eigenvalue weighted by Crippen LogP contribution is 2.28. The van der Waals surface area contributed by atoms with Crippen molar-refractivity contribution in [1.29, 1.82) is 0 Å². The molecular formula is C19H24FN5. The van der Waals surface area contributed by atoms with Gasteiger partial charge in [0.15, 0.2) is 0 Å². The number of benzene rings is 1. The Labute approximate surface area is 147 Å². The van der Waals surface area contributed by atoms with Gasteiger partial charge in [-0.2, -0.15) is 0 Å². The zero-order chi connectivity index (χ0) is 17.8. The molecular weight excluding hydrogens is 317 g/mol. The van der Waals surface area contributed by atoms with Crippen molar-refractivity contribution in [1.82, 2.24) is 19.9 Å². The van der Waals surface area contributed by atoms with Gasteiger partial charge in [-0.05, 0) is 23.6 Å². The number of rotatable bonds is 7. The number of aromatic nitrogens is 3. The maximum Gasteiger partial charge on any atom is 0.134 e. The molecule has 0 unspecified atom stereocenters. The Morgan fingerprint density at radius 2 is 2.08 bits per heavy atom. The third-order valence-electron chi connectivity index (χ3n) is 4.43. The summed E-state index contributed by atoms with van der Waals surface area (Å²) in [6, 6.07) is 8.43. The molecule has 0 bridgehead atoms. The molecule has 1 N–H and O–H groups in total. The molecule has 2 heterocycles. The lowest BCUT2D eigenvalue weighted by Gasteiger charge is -2.22. The SMILES string of the molecule is CCc1cc(CNCCF)ccc1N(C)c1cc2c(cn1)ncn2C. The van der Waals surface area contributed by atoms with E-state index in [1.807, 2.05) is 24.9 Å². The van der Waals surface area contributed by atoms with Crippen molar-refractivity contribution in [2.45, 2.75) is 19.9 Å². The van der Waals surface area contributed by atoms with Crippen molar-refractivity contribution in [3.8, 4) is 0 Å². The number of aryl methyl sites for hydroxylation is 2. The average molecular weight is 341 g/mol. The number of hydrogen-bond donors (Lipinski definition) is 1. The summed E-state index contributed by atoms with van der Waals surface area (Å²) in [5.41, 5.74) is 5.49. The van der Waals surface area contributed by atoms with Crippen molar-refractivity contribution in [2.75, 3.05) is 25.2 Å². The normalized spacial score (nSPS) is 11.2. The first-order valence-electron chi connectivity index (χ1n) is 8.53. The molecule has 132 valence electrons. The fourth-order valence-electron chi connectivity index (χ4n) is 2.99. The number of anilines is 2. The predicted octanol–water partition coefficient (Wildman–Crippen LogP) is 3.36. The molecule has 0 aliphatic rings. The second kappa shape index (κ2) is 7.61. The highest BCUT2D eigenvalue weighted by Gasteiger charge is 2.12. The van der Waals surface area contributed by atoms with E-state index in [9.17, 15) is 4.39 Å². The maximum absolute atomic E-state index is 12.2. The Bertz CT molecular complexity index is 858. The molecule has 0 spiro atoms. The monoisotopic (exact) mass is 341 g/mol. The molecule has 0 aliphatic heterocycles. The van der Waals surface area contributed by atoms with Crippen LogP contribution >= 0.6 is 0 Å². The first-order chi connectivity index (χ1) is 12.1. The van der Waals surface area contributed by atoms with Crippen LogP contribution < -0.4 is 10.2 Å². The van der Waals surface area contributed by atoms with Gasteiger partial charge in [-0.1, -0.05) is 19.1 Å². The first-order valence-corrected chi connectivity index (χ1v) is 8.53. The lowest BCUT2D eigenvalue weighted by Crippen LogP contribution is -2.17. The van der Waals surface area contributed by atoms with Gasteiger partial charge in [0.1, 0.15) is 18.0 Å². The number of alkyl halides is 1. The quantitative estimate of drug-likeness (QED) is 0.670. The molecule has 3 rings (SSSR count). The molecule has 0 radical (unpaired) electrons. The molecule has 0 saturated carbocycles. The maximum atomic E-state index is 12.2. The predicted molar refractivity (Wildman–Crippen MR) is 100 cm³/mol. The van der Waals surface area contributed by atoms with Crippen LogP contribution in [0.2, 0.25) is 0 Å². The standard InChI is InChI=1S/C19H24FN5/c1-4-15-9-14(11-21-8-7-20)5-6-17(15)25(3)19-10-18-16(12-22-19)23-13-24(18)2/h5-6,9-10,12-13,21H,4,7-8,11H2,1-3H3. The molecule has 3 aromatic rings. The van der Waals surface area contributed by atoms with Gasteiger partial charge in [0.2, 0.25) is 0 Å². The topological polar surface area (TPSA) is 46.0 Å². The van der Waals surface area contributed by atoms with E-state index < -0.39 is 0 Å². The van der Waals surface area contributed by atoms with Crippen LogP contribution in [0.1, 0.15) is 18.1 Å². The van der Waals surface area contributed by atoms with Crippen LogP contribution in [0.4, 0.5) is 15.9 Å². The molecule has 2 aromatic heterocycles. The van der Waals surface area contributed by atoms with E-state index >= 15 is 0 Å². The zero-order valence-electron chi connectivity index (χ0n) is 15.0. The number of hydrogen-bond acceptors (Lipinski definition) is 4. The lowest BCUT2D eigenvalue weighted by molar-refractivity contribution is 0.467. The molecule has 0 atom stereocenters. The average Bonchev–Trinajstić information content (AvgIpc) is 3.01. The van der Waals surface area contributed by atoms with Crippen LogP contribution in [0.15, 0.2) is 36.8 Å². The number of halogens is 1. The molecule has 5 nitrogen and oxygen atoms in total. The van der Waals surface area contributed by atoms with Gasteiger partial charge in [-0.3, -0.25) is 0 Å². The fraction of sp³-hybridized carbons (Fsp3) is 0.368. The van der Waals surface area contributed by atoms with Gasteiger partial charge < -0.3 is 14.8 Å². The summed E-state index contributed by atoms with van der Waals surface area (Å²) in [5, 5.41) is 3.10. The van der Waals surface area contributed by atoms with Crippen molar-refractivity contribution in [3.63, 3.8) is 0 Å². The second-order valence-corrected chi connectivity index (χ2v) is 6.13. The third kappa shape index (κ3) is 3.64. The smallest absolute Gasteiger partial charge is 0.134 e. The highest BCUT2D eigenvalue weighted by molar-refractivity contribution is 5.79. The minimum absolute atomic E-state index is 0.344. The van der Waals surface area contributed by atoms with E-state index in [0.29, 0.717) is 13.1 Å². The van der Waals surface area contributed by atoms with E-state index in [1.54, 1.807) is 6.33 Å². The van der Waals surface area contributed by atoms with E-state index in [-0.39, 0.29) is 6.67 Å². The summed E-state index contributed by atoms with van der Waals surface area (Å²) < 4.78 is 14.2. The Hall–Kier alpha value is -2.47. The minimum Gasteiger partial charge on any atom is -0.334 e. The third-order valence-corrected chi connectivity index (χ3v) is 4.43. The van der Waals surface area contributed by atoms with Gasteiger partial charge in [0, 0.05) is 38.9 Å². The Morgan fingerprint density at radius 3 is 2.84 bits per heavy atom. The van der Waals surface area contributed by atoms with Gasteiger partial charge in [-0.25, -0.2) is 14.4 Å². The summed E-state index contributed by atoms with van der Waals surface area (Å²) in [7, 11) is 4.01. The number of nitrogens with zero attached hydrogens (tertiary/aromatic N) is 4. The number of fused-ring (bicyclic) bond motifs is 1. The van der Waals surface area contributed by atoms with E-state index in [0.717, 1.165) is 34.5 Å². The Morgan fingerprint density at radius 1 is 1.24 bits per heavy atom. The minimum atomic E-state index is -0.344. The van der Waals surface area contributed by atoms with Gasteiger partial charge >= 0.3 is 0 Å². The summed E-state index contributed by atoms with van der Waals surface area (Å²) in [6.45, 7) is 2.87. The van der Waals surface area contributed by atoms with E-state index in [2.05, 4.69) is 51.4 Å². The molecule has 25 heavy (non-hydrogen) atoms. The van der Waals surface area contributed by atoms with Crippen molar-refractivity contribution in [3.05, 3.63) is 47.9 Å².